The maximum atomic E-state index is 6.79. The molecular formula is C15H26N2O. The smallest absolute Gasteiger partial charge is 0.0691 e. The van der Waals surface area contributed by atoms with Crippen LogP contribution >= 0.6 is 0 Å². The molecule has 3 atom stereocenters. The van der Waals surface area contributed by atoms with Crippen LogP contribution in [0.4, 0.5) is 0 Å². The van der Waals surface area contributed by atoms with E-state index in [1.807, 2.05) is 0 Å². The molecule has 18 heavy (non-hydrogen) atoms. The molecule has 1 saturated heterocycles. The first-order chi connectivity index (χ1) is 8.45. The summed E-state index contributed by atoms with van der Waals surface area (Å²) in [7, 11) is 0. The van der Waals surface area contributed by atoms with Gasteiger partial charge in [-0.1, -0.05) is 25.5 Å². The van der Waals surface area contributed by atoms with Crippen LogP contribution in [0.3, 0.4) is 0 Å². The van der Waals surface area contributed by atoms with Crippen LogP contribution in [0.1, 0.15) is 33.6 Å². The van der Waals surface area contributed by atoms with Gasteiger partial charge in [0.25, 0.3) is 0 Å². The van der Waals surface area contributed by atoms with Crippen LogP contribution in [0, 0.1) is 11.3 Å². The van der Waals surface area contributed by atoms with Gasteiger partial charge in [0.05, 0.1) is 6.10 Å². The fourth-order valence-electron chi connectivity index (χ4n) is 4.12. The summed E-state index contributed by atoms with van der Waals surface area (Å²) in [6, 6.07) is 0. The van der Waals surface area contributed by atoms with Gasteiger partial charge in [0.15, 0.2) is 0 Å². The van der Waals surface area contributed by atoms with E-state index in [4.69, 9.17) is 10.5 Å². The molecule has 3 aliphatic rings. The van der Waals surface area contributed by atoms with Gasteiger partial charge in [-0.25, -0.2) is 0 Å². The molecule has 3 nitrogen and oxygen atoms in total. The second kappa shape index (κ2) is 4.06. The molecule has 0 aromatic carbocycles. The molecular weight excluding hydrogens is 224 g/mol. The van der Waals surface area contributed by atoms with E-state index < -0.39 is 0 Å². The Hall–Kier alpha value is -0.380. The second-order valence-electron chi connectivity index (χ2n) is 6.98. The highest BCUT2D eigenvalue weighted by atomic mass is 16.5. The Morgan fingerprint density at radius 3 is 2.94 bits per heavy atom. The zero-order chi connectivity index (χ0) is 13.0. The maximum absolute atomic E-state index is 6.79. The van der Waals surface area contributed by atoms with Crippen LogP contribution in [0.2, 0.25) is 0 Å². The standard InChI is InChI=1S/C15H26N2O/c1-11-4-7-17(8-5-11)10-15(16)12-6-9-18-13(12)14(15,2)3/h4,12-13H,5-10,16H2,1-3H3. The van der Waals surface area contributed by atoms with Crippen molar-refractivity contribution in [1.82, 2.24) is 4.90 Å². The maximum Gasteiger partial charge on any atom is 0.0691 e. The topological polar surface area (TPSA) is 38.5 Å². The molecule has 102 valence electrons. The number of fused-ring (bicyclic) bond motifs is 1. The van der Waals surface area contributed by atoms with Crippen molar-refractivity contribution in [1.29, 1.82) is 0 Å². The van der Waals surface area contributed by atoms with E-state index >= 15 is 0 Å². The van der Waals surface area contributed by atoms with Gasteiger partial charge in [0.1, 0.15) is 0 Å². The van der Waals surface area contributed by atoms with Crippen LogP contribution in [-0.4, -0.2) is 42.8 Å². The van der Waals surface area contributed by atoms with Crippen LogP contribution in [0.5, 0.6) is 0 Å². The molecule has 0 aromatic heterocycles. The van der Waals surface area contributed by atoms with Crippen molar-refractivity contribution < 1.29 is 4.74 Å². The van der Waals surface area contributed by atoms with E-state index in [9.17, 15) is 0 Å². The fourth-order valence-corrected chi connectivity index (χ4v) is 4.12. The van der Waals surface area contributed by atoms with Gasteiger partial charge in [-0.3, -0.25) is 4.90 Å². The Kier molecular flexibility index (Phi) is 2.85. The average Bonchev–Trinajstić information content (AvgIpc) is 2.80. The molecule has 0 aromatic rings. The van der Waals surface area contributed by atoms with Crippen molar-refractivity contribution in [2.75, 3.05) is 26.2 Å². The summed E-state index contributed by atoms with van der Waals surface area (Å²) >= 11 is 0. The normalized spacial score (nSPS) is 43.2. The van der Waals surface area contributed by atoms with Gasteiger partial charge in [-0.05, 0) is 19.8 Å². The van der Waals surface area contributed by atoms with Gasteiger partial charge >= 0.3 is 0 Å². The van der Waals surface area contributed by atoms with E-state index in [2.05, 4.69) is 31.7 Å². The minimum Gasteiger partial charge on any atom is -0.377 e. The Bertz CT molecular complexity index is 377. The molecule has 0 spiro atoms. The van der Waals surface area contributed by atoms with Crippen LogP contribution in [-0.2, 0) is 4.74 Å². The minimum absolute atomic E-state index is 0.0623. The molecule has 1 aliphatic carbocycles. The molecule has 0 radical (unpaired) electrons. The van der Waals surface area contributed by atoms with Crippen molar-refractivity contribution in [2.45, 2.75) is 45.3 Å². The SMILES string of the molecule is CC1=CCN(CC2(N)C3CCOC3C2(C)C)CC1. The van der Waals surface area contributed by atoms with Gasteiger partial charge in [0, 0.05) is 43.1 Å². The number of rotatable bonds is 2. The van der Waals surface area contributed by atoms with Gasteiger partial charge in [-0.15, -0.1) is 0 Å². The van der Waals surface area contributed by atoms with Crippen LogP contribution in [0.15, 0.2) is 11.6 Å². The number of ether oxygens (including phenoxy) is 1. The Labute approximate surface area is 110 Å². The lowest BCUT2D eigenvalue weighted by Gasteiger charge is -2.63. The molecule has 2 heterocycles. The average molecular weight is 250 g/mol. The lowest BCUT2D eigenvalue weighted by atomic mass is 9.48. The number of hydrogen-bond donors (Lipinski definition) is 1. The monoisotopic (exact) mass is 250 g/mol. The third-order valence-corrected chi connectivity index (χ3v) is 5.67. The Morgan fingerprint density at radius 2 is 2.28 bits per heavy atom. The van der Waals surface area contributed by atoms with Crippen molar-refractivity contribution in [2.24, 2.45) is 17.1 Å². The zero-order valence-corrected chi connectivity index (χ0v) is 11.9. The molecule has 3 rings (SSSR count). The highest BCUT2D eigenvalue weighted by Gasteiger charge is 2.67. The fraction of sp³-hybridized carbons (Fsp3) is 0.867. The van der Waals surface area contributed by atoms with Gasteiger partial charge in [-0.2, -0.15) is 0 Å². The Balaban J connectivity index is 1.72. The Morgan fingerprint density at radius 1 is 1.50 bits per heavy atom. The van der Waals surface area contributed by atoms with Crippen molar-refractivity contribution in [3.63, 3.8) is 0 Å². The quantitative estimate of drug-likeness (QED) is 0.759. The summed E-state index contributed by atoms with van der Waals surface area (Å²) in [6.07, 6.45) is 5.08. The van der Waals surface area contributed by atoms with E-state index in [0.717, 1.165) is 32.7 Å². The van der Waals surface area contributed by atoms with Crippen LogP contribution in [0.25, 0.3) is 0 Å². The zero-order valence-electron chi connectivity index (χ0n) is 11.9. The predicted octanol–water partition coefficient (Wildman–Crippen LogP) is 1.78. The summed E-state index contributed by atoms with van der Waals surface area (Å²) in [4.78, 5) is 2.52. The van der Waals surface area contributed by atoms with E-state index in [0.29, 0.717) is 12.0 Å². The third kappa shape index (κ3) is 1.60. The van der Waals surface area contributed by atoms with Gasteiger partial charge in [0.2, 0.25) is 0 Å². The lowest BCUT2D eigenvalue weighted by Crippen LogP contribution is -2.78. The molecule has 1 saturated carbocycles. The molecule has 3 unspecified atom stereocenters. The number of hydrogen-bond acceptors (Lipinski definition) is 3. The summed E-state index contributed by atoms with van der Waals surface area (Å²) < 4.78 is 5.86. The van der Waals surface area contributed by atoms with E-state index in [-0.39, 0.29) is 11.0 Å². The number of nitrogens with two attached hydrogens (primary N) is 1. The minimum atomic E-state index is -0.0623. The van der Waals surface area contributed by atoms with Crippen molar-refractivity contribution in [3.05, 3.63) is 11.6 Å². The first-order valence-electron chi connectivity index (χ1n) is 7.23. The lowest BCUT2D eigenvalue weighted by molar-refractivity contribution is -0.162. The van der Waals surface area contributed by atoms with Crippen molar-refractivity contribution in [3.8, 4) is 0 Å². The summed E-state index contributed by atoms with van der Waals surface area (Å²) in [5.74, 6) is 0.569. The summed E-state index contributed by atoms with van der Waals surface area (Å²) in [5, 5.41) is 0. The van der Waals surface area contributed by atoms with Crippen LogP contribution < -0.4 is 5.73 Å². The third-order valence-electron chi connectivity index (χ3n) is 5.67. The highest BCUT2D eigenvalue weighted by Crippen LogP contribution is 2.58. The second-order valence-corrected chi connectivity index (χ2v) is 6.98. The molecule has 2 N–H and O–H groups in total. The molecule has 0 amide bonds. The highest BCUT2D eigenvalue weighted by molar-refractivity contribution is 5.22. The largest absolute Gasteiger partial charge is 0.377 e. The van der Waals surface area contributed by atoms with Gasteiger partial charge < -0.3 is 10.5 Å². The first-order valence-corrected chi connectivity index (χ1v) is 7.23. The molecule has 3 heteroatoms. The molecule has 0 bridgehead atoms. The predicted molar refractivity (Wildman–Crippen MR) is 73.4 cm³/mol. The number of nitrogens with zero attached hydrogens (tertiary/aromatic N) is 1. The van der Waals surface area contributed by atoms with Crippen molar-refractivity contribution >= 4 is 0 Å². The van der Waals surface area contributed by atoms with E-state index in [1.165, 1.54) is 12.0 Å². The molecule has 2 fully saturated rings. The molecule has 2 aliphatic heterocycles. The summed E-state index contributed by atoms with van der Waals surface area (Å²) in [5.41, 5.74) is 8.36. The summed E-state index contributed by atoms with van der Waals surface area (Å²) in [6.45, 7) is 10.9. The first kappa shape index (κ1) is 12.6. The van der Waals surface area contributed by atoms with E-state index in [1.54, 1.807) is 0 Å².